The van der Waals surface area contributed by atoms with Crippen LogP contribution >= 0.6 is 0 Å². The first kappa shape index (κ1) is 13.5. The maximum Gasteiger partial charge on any atom is 0.234 e. The van der Waals surface area contributed by atoms with E-state index >= 15 is 0 Å². The molecule has 17 heavy (non-hydrogen) atoms. The number of nitrogens with one attached hydrogen (secondary N) is 1. The Morgan fingerprint density at radius 1 is 1.41 bits per heavy atom. The molecular formula is C11H16N2O3S. The molecule has 0 unspecified atom stereocenters. The van der Waals surface area contributed by atoms with Crippen molar-refractivity contribution in [3.63, 3.8) is 0 Å². The largest absolute Gasteiger partial charge is 0.399 e. The van der Waals surface area contributed by atoms with Crippen LogP contribution < -0.4 is 10.5 Å². The topological polar surface area (TPSA) is 89.3 Å². The molecule has 3 N–H and O–H groups in total. The minimum atomic E-state index is -3.46. The third kappa shape index (κ3) is 4.86. The molecule has 1 rings (SSSR count). The zero-order chi connectivity index (χ0) is 12.9. The van der Waals surface area contributed by atoms with Crippen molar-refractivity contribution in [3.8, 4) is 0 Å². The fraction of sp³-hybridized carbons (Fsp3) is 0.364. The molecule has 0 heterocycles. The molecular weight excluding hydrogens is 240 g/mol. The van der Waals surface area contributed by atoms with Crippen molar-refractivity contribution < 1.29 is 13.2 Å². The molecule has 1 amide bonds. The maximum atomic E-state index is 11.4. The van der Waals surface area contributed by atoms with E-state index in [1.54, 1.807) is 18.2 Å². The van der Waals surface area contributed by atoms with Crippen LogP contribution in [0.4, 0.5) is 5.69 Å². The highest BCUT2D eigenvalue weighted by atomic mass is 32.2. The third-order valence-corrected chi connectivity index (χ3v) is 3.54. The number of sulfonamides is 1. The van der Waals surface area contributed by atoms with Crippen molar-refractivity contribution >= 4 is 21.6 Å². The number of carbonyl (C=O) groups excluding carboxylic acids is 1. The predicted molar refractivity (Wildman–Crippen MR) is 66.8 cm³/mol. The van der Waals surface area contributed by atoms with Gasteiger partial charge in [0, 0.05) is 12.1 Å². The fourth-order valence-electron chi connectivity index (χ4n) is 1.30. The number of rotatable bonds is 5. The molecule has 0 aliphatic heterocycles. The zero-order valence-electron chi connectivity index (χ0n) is 9.64. The van der Waals surface area contributed by atoms with E-state index < -0.39 is 15.9 Å². The highest BCUT2D eigenvalue weighted by Crippen LogP contribution is 2.08. The van der Waals surface area contributed by atoms with Gasteiger partial charge in [0.25, 0.3) is 0 Å². The lowest BCUT2D eigenvalue weighted by atomic mass is 10.1. The van der Waals surface area contributed by atoms with Crippen LogP contribution in [0.2, 0.25) is 0 Å². The molecule has 0 radical (unpaired) electrons. The smallest absolute Gasteiger partial charge is 0.234 e. The summed E-state index contributed by atoms with van der Waals surface area (Å²) in [4.78, 5) is 11.4. The summed E-state index contributed by atoms with van der Waals surface area (Å²) in [6.07, 6.45) is 0.596. The van der Waals surface area contributed by atoms with Gasteiger partial charge in [0.05, 0.1) is 5.75 Å². The Balaban J connectivity index is 2.49. The van der Waals surface area contributed by atoms with Gasteiger partial charge in [-0.15, -0.1) is 0 Å². The van der Waals surface area contributed by atoms with E-state index in [1.165, 1.54) is 6.92 Å². The predicted octanol–water partition coefficient (Wildman–Crippen LogP) is 0.667. The number of nitrogens with two attached hydrogens (primary N) is 1. The summed E-state index contributed by atoms with van der Waals surface area (Å²) in [6.45, 7) is 1.48. The van der Waals surface area contributed by atoms with Crippen molar-refractivity contribution in [2.75, 3.05) is 11.5 Å². The molecule has 0 bridgehead atoms. The molecule has 0 saturated heterocycles. The number of anilines is 1. The van der Waals surface area contributed by atoms with Gasteiger partial charge in [0.1, 0.15) is 0 Å². The van der Waals surface area contributed by atoms with Crippen LogP contribution in [0.1, 0.15) is 18.9 Å². The second-order valence-corrected chi connectivity index (χ2v) is 5.68. The molecule has 0 spiro atoms. The minimum Gasteiger partial charge on any atom is -0.399 e. The first-order valence-corrected chi connectivity index (χ1v) is 6.96. The Morgan fingerprint density at radius 2 is 2.12 bits per heavy atom. The van der Waals surface area contributed by atoms with E-state index in [4.69, 9.17) is 5.73 Å². The van der Waals surface area contributed by atoms with E-state index in [0.29, 0.717) is 12.1 Å². The minimum absolute atomic E-state index is 0.100. The lowest BCUT2D eigenvalue weighted by Gasteiger charge is -2.05. The van der Waals surface area contributed by atoms with Crippen molar-refractivity contribution in [3.05, 3.63) is 29.8 Å². The Morgan fingerprint density at radius 3 is 2.71 bits per heavy atom. The monoisotopic (exact) mass is 256 g/mol. The Labute approximate surface area is 101 Å². The normalized spacial score (nSPS) is 11.1. The van der Waals surface area contributed by atoms with Crippen LogP contribution in [-0.4, -0.2) is 20.1 Å². The summed E-state index contributed by atoms with van der Waals surface area (Å²) >= 11 is 0. The lowest BCUT2D eigenvalue weighted by Crippen LogP contribution is -2.31. The molecule has 0 fully saturated rings. The van der Waals surface area contributed by atoms with Gasteiger partial charge in [-0.05, 0) is 31.0 Å². The Kier molecular flexibility index (Phi) is 4.51. The number of nitrogen functional groups attached to an aromatic ring is 1. The van der Waals surface area contributed by atoms with Crippen molar-refractivity contribution in [2.45, 2.75) is 19.8 Å². The van der Waals surface area contributed by atoms with Gasteiger partial charge in [-0.25, -0.2) is 8.42 Å². The molecule has 5 nitrogen and oxygen atoms in total. The molecule has 0 saturated carbocycles. The summed E-state index contributed by atoms with van der Waals surface area (Å²) in [7, 11) is -3.46. The van der Waals surface area contributed by atoms with Gasteiger partial charge in [0.15, 0.2) is 0 Å². The molecule has 1 aromatic carbocycles. The average Bonchev–Trinajstić information content (AvgIpc) is 2.26. The number of hydrogen-bond acceptors (Lipinski definition) is 4. The highest BCUT2D eigenvalue weighted by Gasteiger charge is 2.11. The number of benzene rings is 1. The Bertz CT molecular complexity index is 497. The number of aryl methyl sites for hydroxylation is 1. The molecule has 94 valence electrons. The van der Waals surface area contributed by atoms with Crippen LogP contribution in [0.25, 0.3) is 0 Å². The van der Waals surface area contributed by atoms with Crippen LogP contribution in [-0.2, 0) is 21.2 Å². The molecule has 0 atom stereocenters. The van der Waals surface area contributed by atoms with Gasteiger partial charge in [-0.2, -0.15) is 0 Å². The summed E-state index contributed by atoms with van der Waals surface area (Å²) < 4.78 is 24.2. The summed E-state index contributed by atoms with van der Waals surface area (Å²) in [5, 5.41) is 0. The molecule has 1 aromatic rings. The van der Waals surface area contributed by atoms with E-state index in [0.717, 1.165) is 5.56 Å². The van der Waals surface area contributed by atoms with E-state index in [-0.39, 0.29) is 12.2 Å². The van der Waals surface area contributed by atoms with Crippen LogP contribution in [0.15, 0.2) is 24.3 Å². The second-order valence-electron chi connectivity index (χ2n) is 3.67. The maximum absolute atomic E-state index is 11.4. The first-order valence-electron chi connectivity index (χ1n) is 5.30. The van der Waals surface area contributed by atoms with Crippen LogP contribution in [0, 0.1) is 0 Å². The molecule has 6 heteroatoms. The summed E-state index contributed by atoms with van der Waals surface area (Å²) in [5.74, 6) is -0.592. The third-order valence-electron chi connectivity index (χ3n) is 2.24. The van der Waals surface area contributed by atoms with Gasteiger partial charge in [-0.1, -0.05) is 12.1 Å². The molecule has 0 aliphatic rings. The van der Waals surface area contributed by atoms with E-state index in [1.807, 2.05) is 10.8 Å². The van der Waals surface area contributed by atoms with Crippen LogP contribution in [0.5, 0.6) is 0 Å². The van der Waals surface area contributed by atoms with E-state index in [9.17, 15) is 13.2 Å². The lowest BCUT2D eigenvalue weighted by molar-refractivity contribution is -0.119. The highest BCUT2D eigenvalue weighted by molar-refractivity contribution is 7.90. The fourth-order valence-corrected chi connectivity index (χ4v) is 1.90. The van der Waals surface area contributed by atoms with Crippen LogP contribution in [0.3, 0.4) is 0 Å². The van der Waals surface area contributed by atoms with Gasteiger partial charge in [0.2, 0.25) is 15.9 Å². The summed E-state index contributed by atoms with van der Waals surface area (Å²) in [5.41, 5.74) is 7.13. The standard InChI is InChI=1S/C11H16N2O3S/c1-2-17(15,16)13-11(14)7-6-9-4-3-5-10(12)8-9/h3-5,8H,2,6-7,12H2,1H3,(H,13,14). The second kappa shape index (κ2) is 5.67. The number of carbonyl (C=O) groups is 1. The van der Waals surface area contributed by atoms with Gasteiger partial charge >= 0.3 is 0 Å². The first-order chi connectivity index (χ1) is 7.93. The summed E-state index contributed by atoms with van der Waals surface area (Å²) in [6, 6.07) is 7.16. The number of amides is 1. The Hall–Kier alpha value is -1.56. The van der Waals surface area contributed by atoms with Crippen molar-refractivity contribution in [1.29, 1.82) is 0 Å². The molecule has 0 aromatic heterocycles. The quantitative estimate of drug-likeness (QED) is 0.758. The number of hydrogen-bond donors (Lipinski definition) is 2. The van der Waals surface area contributed by atoms with E-state index in [2.05, 4.69) is 0 Å². The SMILES string of the molecule is CCS(=O)(=O)NC(=O)CCc1cccc(N)c1. The van der Waals surface area contributed by atoms with Crippen molar-refractivity contribution in [1.82, 2.24) is 4.72 Å². The van der Waals surface area contributed by atoms with Gasteiger partial charge in [-0.3, -0.25) is 9.52 Å². The molecule has 0 aliphatic carbocycles. The average molecular weight is 256 g/mol. The zero-order valence-corrected chi connectivity index (χ0v) is 10.5. The van der Waals surface area contributed by atoms with Gasteiger partial charge < -0.3 is 5.73 Å². The van der Waals surface area contributed by atoms with Crippen molar-refractivity contribution in [2.24, 2.45) is 0 Å².